The number of methoxy groups -OCH3 is 1. The molecule has 0 bridgehead atoms. The van der Waals surface area contributed by atoms with Gasteiger partial charge in [-0.05, 0) is 32.4 Å². The van der Waals surface area contributed by atoms with E-state index in [-0.39, 0.29) is 30.7 Å². The van der Waals surface area contributed by atoms with Gasteiger partial charge in [0.25, 0.3) is 0 Å². The van der Waals surface area contributed by atoms with E-state index in [0.29, 0.717) is 12.6 Å². The van der Waals surface area contributed by atoms with E-state index in [1.165, 1.54) is 32.4 Å². The Kier molecular flexibility index (Phi) is 9.76. The van der Waals surface area contributed by atoms with Crippen LogP contribution in [0.4, 0.5) is 0 Å². The van der Waals surface area contributed by atoms with Gasteiger partial charge in [0, 0.05) is 26.2 Å². The van der Waals surface area contributed by atoms with E-state index in [4.69, 9.17) is 10.5 Å². The van der Waals surface area contributed by atoms with Gasteiger partial charge in [-0.3, -0.25) is 9.69 Å². The van der Waals surface area contributed by atoms with Crippen molar-refractivity contribution in [3.05, 3.63) is 0 Å². The molecule has 2 N–H and O–H groups in total. The van der Waals surface area contributed by atoms with Gasteiger partial charge >= 0.3 is 0 Å². The van der Waals surface area contributed by atoms with Crippen molar-refractivity contribution in [3.8, 4) is 0 Å². The lowest BCUT2D eigenvalue weighted by Gasteiger charge is -2.32. The maximum atomic E-state index is 12.1. The first-order chi connectivity index (χ1) is 8.72. The molecule has 2 fully saturated rings. The molecule has 2 atom stereocenters. The molecule has 0 aromatic heterocycles. The highest BCUT2D eigenvalue weighted by atomic mass is 35.5. The summed E-state index contributed by atoms with van der Waals surface area (Å²) in [7, 11) is 1.58. The number of hydrogen-bond acceptors (Lipinski definition) is 4. The Balaban J connectivity index is 0.00000180. The van der Waals surface area contributed by atoms with E-state index < -0.39 is 6.04 Å². The van der Waals surface area contributed by atoms with Crippen LogP contribution in [0.2, 0.25) is 0 Å². The molecule has 0 aromatic rings. The Labute approximate surface area is 134 Å². The average Bonchev–Trinajstić information content (AvgIpc) is 2.89. The number of amides is 1. The second-order valence-electron chi connectivity index (χ2n) is 5.39. The molecule has 2 aliphatic heterocycles. The molecule has 120 valence electrons. The largest absolute Gasteiger partial charge is 0.383 e. The van der Waals surface area contributed by atoms with Gasteiger partial charge in [-0.2, -0.15) is 0 Å². The quantitative estimate of drug-likeness (QED) is 0.833. The van der Waals surface area contributed by atoms with Crippen molar-refractivity contribution in [2.75, 3.05) is 39.9 Å². The van der Waals surface area contributed by atoms with Crippen LogP contribution in [0, 0.1) is 0 Å². The summed E-state index contributed by atoms with van der Waals surface area (Å²) in [4.78, 5) is 16.5. The number of nitrogens with zero attached hydrogens (tertiary/aromatic N) is 2. The van der Waals surface area contributed by atoms with Crippen LogP contribution in [0.1, 0.15) is 25.7 Å². The fourth-order valence-corrected chi connectivity index (χ4v) is 3.01. The summed E-state index contributed by atoms with van der Waals surface area (Å²) in [6.07, 6.45) is 5.04. The highest BCUT2D eigenvalue weighted by molar-refractivity contribution is 5.85. The summed E-state index contributed by atoms with van der Waals surface area (Å²) in [6.45, 7) is 4.38. The minimum atomic E-state index is -0.505. The fourth-order valence-electron chi connectivity index (χ4n) is 3.01. The van der Waals surface area contributed by atoms with Crippen molar-refractivity contribution in [2.45, 2.75) is 37.8 Å². The van der Waals surface area contributed by atoms with Crippen molar-refractivity contribution >= 4 is 30.7 Å². The van der Waals surface area contributed by atoms with E-state index in [9.17, 15) is 4.79 Å². The minimum absolute atomic E-state index is 0. The second-order valence-corrected chi connectivity index (χ2v) is 5.39. The summed E-state index contributed by atoms with van der Waals surface area (Å²) >= 11 is 0. The number of halogens is 2. The number of carbonyl (C=O) groups is 1. The van der Waals surface area contributed by atoms with Gasteiger partial charge in [-0.25, -0.2) is 0 Å². The Bertz CT molecular complexity index is 289. The van der Waals surface area contributed by atoms with Crippen LogP contribution in [0.3, 0.4) is 0 Å². The highest BCUT2D eigenvalue weighted by Gasteiger charge is 2.32. The predicted molar refractivity (Wildman–Crippen MR) is 84.8 cm³/mol. The smallest absolute Gasteiger partial charge is 0.241 e. The van der Waals surface area contributed by atoms with Crippen LogP contribution < -0.4 is 5.73 Å². The monoisotopic (exact) mass is 327 g/mol. The Hall–Kier alpha value is -0.0700. The number of ether oxygens (including phenoxy) is 1. The summed E-state index contributed by atoms with van der Waals surface area (Å²) < 4.78 is 4.94. The van der Waals surface area contributed by atoms with Crippen LogP contribution in [-0.2, 0) is 9.53 Å². The van der Waals surface area contributed by atoms with E-state index in [2.05, 4.69) is 4.90 Å². The average molecular weight is 328 g/mol. The predicted octanol–water partition coefficient (Wildman–Crippen LogP) is 0.890. The number of nitrogens with two attached hydrogens (primary N) is 1. The number of likely N-dealkylation sites (tertiary alicyclic amines) is 2. The van der Waals surface area contributed by atoms with Gasteiger partial charge in [-0.1, -0.05) is 6.42 Å². The summed E-state index contributed by atoms with van der Waals surface area (Å²) in [5.74, 6) is 0.0383. The van der Waals surface area contributed by atoms with Crippen molar-refractivity contribution in [3.63, 3.8) is 0 Å². The molecule has 5 nitrogen and oxygen atoms in total. The lowest BCUT2D eigenvalue weighted by atomic mass is 10.1. The molecule has 20 heavy (non-hydrogen) atoms. The van der Waals surface area contributed by atoms with Crippen molar-refractivity contribution < 1.29 is 9.53 Å². The van der Waals surface area contributed by atoms with Crippen LogP contribution in [0.5, 0.6) is 0 Å². The molecule has 2 saturated heterocycles. The van der Waals surface area contributed by atoms with Gasteiger partial charge in [0.1, 0.15) is 6.04 Å². The maximum Gasteiger partial charge on any atom is 0.241 e. The van der Waals surface area contributed by atoms with Crippen LogP contribution in [0.15, 0.2) is 0 Å². The van der Waals surface area contributed by atoms with Crippen LogP contribution >= 0.6 is 24.8 Å². The molecule has 0 radical (unpaired) electrons. The van der Waals surface area contributed by atoms with Crippen molar-refractivity contribution in [1.82, 2.24) is 9.80 Å². The van der Waals surface area contributed by atoms with E-state index in [1.54, 1.807) is 7.11 Å². The third-order valence-electron chi connectivity index (χ3n) is 4.05. The lowest BCUT2D eigenvalue weighted by Crippen LogP contribution is -2.47. The molecule has 0 spiro atoms. The van der Waals surface area contributed by atoms with Crippen LogP contribution in [-0.4, -0.2) is 67.7 Å². The zero-order valence-corrected chi connectivity index (χ0v) is 13.8. The molecule has 1 amide bonds. The van der Waals surface area contributed by atoms with Crippen molar-refractivity contribution in [2.24, 2.45) is 5.73 Å². The normalized spacial score (nSPS) is 24.7. The summed E-state index contributed by atoms with van der Waals surface area (Å²) in [5.41, 5.74) is 5.80. The second kappa shape index (κ2) is 9.79. The van der Waals surface area contributed by atoms with E-state index in [1.807, 2.05) is 4.90 Å². The molecule has 2 unspecified atom stereocenters. The van der Waals surface area contributed by atoms with Gasteiger partial charge in [-0.15, -0.1) is 24.8 Å². The number of carbonyl (C=O) groups excluding carboxylic acids is 1. The zero-order chi connectivity index (χ0) is 13.0. The van der Waals surface area contributed by atoms with Crippen LogP contribution in [0.25, 0.3) is 0 Å². The van der Waals surface area contributed by atoms with Gasteiger partial charge in [0.2, 0.25) is 5.91 Å². The Morgan fingerprint density at radius 1 is 1.25 bits per heavy atom. The third-order valence-corrected chi connectivity index (χ3v) is 4.05. The molecule has 2 rings (SSSR count). The number of piperidine rings is 1. The molecule has 0 aromatic carbocycles. The molecule has 0 saturated carbocycles. The topological polar surface area (TPSA) is 58.8 Å². The standard InChI is InChI=1S/C13H25N3O2.2ClH/c1-18-10-12(14)13(17)16-8-5-11(9-16)15-6-3-2-4-7-15;;/h11-12H,2-10,14H2,1H3;2*1H. The Morgan fingerprint density at radius 3 is 2.50 bits per heavy atom. The zero-order valence-electron chi connectivity index (χ0n) is 12.1. The first kappa shape index (κ1) is 19.9. The SMILES string of the molecule is COCC(N)C(=O)N1CCC(N2CCCCC2)C1.Cl.Cl. The number of hydrogen-bond donors (Lipinski definition) is 1. The first-order valence-electron chi connectivity index (χ1n) is 6.99. The molecular weight excluding hydrogens is 301 g/mol. The maximum absolute atomic E-state index is 12.1. The first-order valence-corrected chi connectivity index (χ1v) is 6.99. The van der Waals surface area contributed by atoms with Gasteiger partial charge < -0.3 is 15.4 Å². The molecule has 7 heteroatoms. The van der Waals surface area contributed by atoms with Crippen molar-refractivity contribution in [1.29, 1.82) is 0 Å². The molecule has 2 heterocycles. The number of rotatable bonds is 4. The summed E-state index contributed by atoms with van der Waals surface area (Å²) in [6, 6.07) is 0.0408. The van der Waals surface area contributed by atoms with Gasteiger partial charge in [0.15, 0.2) is 0 Å². The van der Waals surface area contributed by atoms with Gasteiger partial charge in [0.05, 0.1) is 6.61 Å². The van der Waals surface area contributed by atoms with E-state index >= 15 is 0 Å². The molecular formula is C13H27Cl2N3O2. The fraction of sp³-hybridized carbons (Fsp3) is 0.923. The highest BCUT2D eigenvalue weighted by Crippen LogP contribution is 2.20. The minimum Gasteiger partial charge on any atom is -0.383 e. The third kappa shape index (κ3) is 5.04. The summed E-state index contributed by atoms with van der Waals surface area (Å²) in [5, 5.41) is 0. The lowest BCUT2D eigenvalue weighted by molar-refractivity contribution is -0.132. The Morgan fingerprint density at radius 2 is 1.90 bits per heavy atom. The van der Waals surface area contributed by atoms with E-state index in [0.717, 1.165) is 19.5 Å². The molecule has 0 aliphatic carbocycles. The molecule has 2 aliphatic rings.